The number of hydrogen-bond donors (Lipinski definition) is 0. The molecule has 5 fully saturated rings. The van der Waals surface area contributed by atoms with Crippen LogP contribution in [0.2, 0.25) is 18.1 Å². The number of benzene rings is 1. The standard InChI is InChI=1S/C40H66O8SSi/c1-12-50(13-2,14-3)48-39-25-24-38(9,46-37(39,7)8)40(47-39)23-22-30(28-45-40)26-34(49(41,42)31-18-16-15-17-19-31)32-21-20-29(4)33(36(32,5)6)27-35(43-10)44-11/h15-19,30,32-35H,4,12-14,20-28H2,1-3,5-11H3/t30-,32+,33+,34?,38+,39-,40+/m1/s1. The Kier molecular flexibility index (Phi) is 11.7. The third kappa shape index (κ3) is 6.87. The van der Waals surface area contributed by atoms with E-state index in [1.807, 2.05) is 18.2 Å². The predicted molar refractivity (Wildman–Crippen MR) is 200 cm³/mol. The monoisotopic (exact) mass is 734 g/mol. The Morgan fingerprint density at radius 1 is 0.900 bits per heavy atom. The smallest absolute Gasteiger partial charge is 0.200 e. The highest BCUT2D eigenvalue weighted by Gasteiger charge is 2.73. The number of fused-ring (bicyclic) bond motifs is 2. The van der Waals surface area contributed by atoms with Gasteiger partial charge in [-0.15, -0.1) is 0 Å². The summed E-state index contributed by atoms with van der Waals surface area (Å²) < 4.78 is 69.1. The maximum absolute atomic E-state index is 14.7. The zero-order chi connectivity index (χ0) is 36.8. The molecule has 7 atom stereocenters. The van der Waals surface area contributed by atoms with Gasteiger partial charge in [0, 0.05) is 33.5 Å². The molecule has 6 rings (SSSR count). The SMILES string of the molecule is C=C1CC[C@@H](C(C[C@H]2CC[C@]3(OC2)O[C@@]2(O[Si](CC)(CC)CC)CC[C@]3(C)OC2(C)C)S(=O)(=O)c2ccccc2)C(C)(C)[C@H]1CC(OC)OC. The van der Waals surface area contributed by atoms with E-state index in [-0.39, 0.29) is 29.5 Å². The Hall–Kier alpha value is -1.11. The first-order valence-corrected chi connectivity index (χ1v) is 23.3. The highest BCUT2D eigenvalue weighted by atomic mass is 32.2. The number of allylic oxidation sites excluding steroid dienone is 1. The summed E-state index contributed by atoms with van der Waals surface area (Å²) in [5.41, 5.74) is -0.475. The van der Waals surface area contributed by atoms with Gasteiger partial charge >= 0.3 is 0 Å². The summed E-state index contributed by atoms with van der Waals surface area (Å²) in [6.45, 7) is 22.4. The zero-order valence-electron chi connectivity index (χ0n) is 32.6. The predicted octanol–water partition coefficient (Wildman–Crippen LogP) is 9.06. The highest BCUT2D eigenvalue weighted by molar-refractivity contribution is 7.92. The summed E-state index contributed by atoms with van der Waals surface area (Å²) in [7, 11) is -2.44. The summed E-state index contributed by atoms with van der Waals surface area (Å²) in [4.78, 5) is 0.382. The fourth-order valence-electron chi connectivity index (χ4n) is 10.1. The summed E-state index contributed by atoms with van der Waals surface area (Å²) in [6, 6.07) is 12.1. The third-order valence-corrected chi connectivity index (χ3v) is 20.7. The lowest BCUT2D eigenvalue weighted by Crippen LogP contribution is -2.80. The minimum atomic E-state index is -3.68. The van der Waals surface area contributed by atoms with Gasteiger partial charge in [-0.05, 0) is 106 Å². The van der Waals surface area contributed by atoms with E-state index in [9.17, 15) is 8.42 Å². The largest absolute Gasteiger partial charge is 0.388 e. The van der Waals surface area contributed by atoms with Crippen LogP contribution in [0.1, 0.15) is 107 Å². The first kappa shape index (κ1) is 40.1. The molecule has 5 aliphatic rings. The van der Waals surface area contributed by atoms with Gasteiger partial charge < -0.3 is 28.1 Å². The lowest BCUT2D eigenvalue weighted by atomic mass is 9.58. The van der Waals surface area contributed by atoms with Crippen molar-refractivity contribution in [3.05, 3.63) is 42.5 Å². The molecule has 0 N–H and O–H groups in total. The minimum Gasteiger partial charge on any atom is -0.388 e. The lowest BCUT2D eigenvalue weighted by molar-refractivity contribution is -0.517. The first-order chi connectivity index (χ1) is 23.4. The van der Waals surface area contributed by atoms with Crippen molar-refractivity contribution in [3.8, 4) is 0 Å². The molecule has 2 bridgehead atoms. The van der Waals surface area contributed by atoms with Crippen molar-refractivity contribution in [2.75, 3.05) is 20.8 Å². The van der Waals surface area contributed by atoms with Crippen LogP contribution in [-0.4, -0.2) is 71.9 Å². The van der Waals surface area contributed by atoms with Crippen LogP contribution in [0.3, 0.4) is 0 Å². The van der Waals surface area contributed by atoms with E-state index in [2.05, 4.69) is 62.0 Å². The average molecular weight is 735 g/mol. The van der Waals surface area contributed by atoms with Crippen LogP contribution >= 0.6 is 0 Å². The molecule has 1 spiro atoms. The van der Waals surface area contributed by atoms with Crippen molar-refractivity contribution in [1.29, 1.82) is 0 Å². The summed E-state index contributed by atoms with van der Waals surface area (Å²) in [5.74, 6) is -1.82. The molecule has 1 aromatic rings. The van der Waals surface area contributed by atoms with Gasteiger partial charge in [-0.1, -0.05) is 65.0 Å². The Morgan fingerprint density at radius 2 is 1.54 bits per heavy atom. The van der Waals surface area contributed by atoms with E-state index in [0.29, 0.717) is 30.8 Å². The average Bonchev–Trinajstić information content (AvgIpc) is 3.09. The molecule has 0 radical (unpaired) electrons. The normalized spacial score (nSPS) is 34.7. The Morgan fingerprint density at radius 3 is 2.08 bits per heavy atom. The maximum atomic E-state index is 14.7. The molecule has 1 aliphatic carbocycles. The molecule has 4 saturated heterocycles. The third-order valence-electron chi connectivity index (χ3n) is 13.8. The molecule has 0 aromatic heterocycles. The second-order valence-corrected chi connectivity index (χ2v) is 23.8. The van der Waals surface area contributed by atoms with Crippen molar-refractivity contribution in [2.24, 2.45) is 23.2 Å². The van der Waals surface area contributed by atoms with Crippen LogP contribution in [0, 0.1) is 23.2 Å². The minimum absolute atomic E-state index is 0.0436. The fraction of sp³-hybridized carbons (Fsp3) is 0.800. The number of hydrogen-bond acceptors (Lipinski definition) is 8. The Labute approximate surface area is 304 Å². The first-order valence-electron chi connectivity index (χ1n) is 19.2. The maximum Gasteiger partial charge on any atom is 0.200 e. The van der Waals surface area contributed by atoms with E-state index < -0.39 is 46.2 Å². The highest BCUT2D eigenvalue weighted by Crippen LogP contribution is 2.61. The molecule has 8 nitrogen and oxygen atoms in total. The summed E-state index contributed by atoms with van der Waals surface area (Å²) in [5, 5.41) is -0.587. The van der Waals surface area contributed by atoms with E-state index in [1.165, 1.54) is 0 Å². The number of ether oxygens (including phenoxy) is 5. The van der Waals surface area contributed by atoms with Gasteiger partial charge in [0.2, 0.25) is 5.79 Å². The quantitative estimate of drug-likeness (QED) is 0.106. The van der Waals surface area contributed by atoms with Crippen molar-refractivity contribution >= 4 is 18.2 Å². The van der Waals surface area contributed by atoms with Gasteiger partial charge in [0.25, 0.3) is 0 Å². The van der Waals surface area contributed by atoms with E-state index in [1.54, 1.807) is 26.4 Å². The Bertz CT molecular complexity index is 1420. The molecule has 1 aromatic carbocycles. The molecule has 10 heteroatoms. The molecule has 1 unspecified atom stereocenters. The molecular weight excluding hydrogens is 669 g/mol. The topological polar surface area (TPSA) is 89.5 Å². The molecule has 4 aliphatic heterocycles. The van der Waals surface area contributed by atoms with Gasteiger partial charge in [0.1, 0.15) is 11.2 Å². The van der Waals surface area contributed by atoms with Crippen molar-refractivity contribution < 1.29 is 36.5 Å². The van der Waals surface area contributed by atoms with Gasteiger partial charge in [0.15, 0.2) is 30.2 Å². The molecule has 50 heavy (non-hydrogen) atoms. The van der Waals surface area contributed by atoms with Crippen LogP contribution in [0.5, 0.6) is 0 Å². The molecule has 0 amide bonds. The molecule has 1 saturated carbocycles. The van der Waals surface area contributed by atoms with Crippen molar-refractivity contribution in [3.63, 3.8) is 0 Å². The van der Waals surface area contributed by atoms with Crippen molar-refractivity contribution in [1.82, 2.24) is 0 Å². The van der Waals surface area contributed by atoms with Gasteiger partial charge in [-0.3, -0.25) is 0 Å². The second kappa shape index (κ2) is 14.6. The molecule has 284 valence electrons. The number of methoxy groups -OCH3 is 2. The zero-order valence-corrected chi connectivity index (χ0v) is 34.5. The van der Waals surface area contributed by atoms with E-state index in [4.69, 9.17) is 28.1 Å². The van der Waals surface area contributed by atoms with Crippen LogP contribution in [0.25, 0.3) is 0 Å². The van der Waals surface area contributed by atoms with Gasteiger partial charge in [-0.2, -0.15) is 0 Å². The number of sulfone groups is 1. The molecular formula is C40H66O8SSi. The van der Waals surface area contributed by atoms with E-state index >= 15 is 0 Å². The number of rotatable bonds is 14. The summed E-state index contributed by atoms with van der Waals surface area (Å²) >= 11 is 0. The second-order valence-electron chi connectivity index (χ2n) is 17.0. The lowest BCUT2D eigenvalue weighted by Gasteiger charge is -2.69. The van der Waals surface area contributed by atoms with Crippen molar-refractivity contribution in [2.45, 2.75) is 164 Å². The Balaban J connectivity index is 1.43. The van der Waals surface area contributed by atoms with E-state index in [0.717, 1.165) is 55.8 Å². The van der Waals surface area contributed by atoms with Crippen LogP contribution in [0.4, 0.5) is 0 Å². The van der Waals surface area contributed by atoms with Crippen LogP contribution < -0.4 is 0 Å². The van der Waals surface area contributed by atoms with Crippen LogP contribution in [0.15, 0.2) is 47.4 Å². The van der Waals surface area contributed by atoms with Gasteiger partial charge in [0.05, 0.1) is 16.8 Å². The van der Waals surface area contributed by atoms with Crippen LogP contribution in [-0.2, 0) is 37.9 Å². The van der Waals surface area contributed by atoms with Gasteiger partial charge in [-0.25, -0.2) is 8.42 Å². The fourth-order valence-corrected chi connectivity index (χ4v) is 15.5. The molecule has 4 heterocycles. The summed E-state index contributed by atoms with van der Waals surface area (Å²) in [6.07, 6.45) is 5.29.